The van der Waals surface area contributed by atoms with Crippen LogP contribution in [0.15, 0.2) is 96.1 Å². The van der Waals surface area contributed by atoms with E-state index >= 15 is 0 Å². The average Bonchev–Trinajstić information content (AvgIpc) is 3.21. The number of hydrogen-bond donors (Lipinski definition) is 0. The minimum absolute atomic E-state index is 0.176. The molecule has 1 aliphatic heterocycles. The third-order valence-electron chi connectivity index (χ3n) is 5.51. The monoisotopic (exact) mass is 466 g/mol. The van der Waals surface area contributed by atoms with Crippen molar-refractivity contribution in [2.75, 3.05) is 18.2 Å². The number of hydrogen-bond acceptors (Lipinski definition) is 4. The maximum atomic E-state index is 13.6. The zero-order valence-electron chi connectivity index (χ0n) is 20.2. The molecule has 0 fully saturated rings. The highest BCUT2D eigenvalue weighted by atomic mass is 16.5. The first-order chi connectivity index (χ1) is 17.2. The van der Waals surface area contributed by atoms with Crippen molar-refractivity contribution in [3.8, 4) is 11.5 Å². The van der Waals surface area contributed by atoms with Crippen molar-refractivity contribution in [3.63, 3.8) is 0 Å². The van der Waals surface area contributed by atoms with Gasteiger partial charge in [0.2, 0.25) is 0 Å². The highest BCUT2D eigenvalue weighted by Gasteiger charge is 2.32. The van der Waals surface area contributed by atoms with Crippen LogP contribution < -0.4 is 14.5 Å². The summed E-state index contributed by atoms with van der Waals surface area (Å²) >= 11 is 0. The van der Waals surface area contributed by atoms with Gasteiger partial charge < -0.3 is 9.47 Å². The molecule has 0 aromatic heterocycles. The topological polar surface area (TPSA) is 51.1 Å². The van der Waals surface area contributed by atoms with E-state index in [0.29, 0.717) is 36.7 Å². The van der Waals surface area contributed by atoms with Crippen LogP contribution in [0.3, 0.4) is 0 Å². The van der Waals surface area contributed by atoms with Crippen LogP contribution in [0.1, 0.15) is 37.0 Å². The predicted molar refractivity (Wildman–Crippen MR) is 142 cm³/mol. The van der Waals surface area contributed by atoms with E-state index in [9.17, 15) is 4.79 Å². The van der Waals surface area contributed by atoms with E-state index < -0.39 is 0 Å². The molecule has 5 heteroatoms. The van der Waals surface area contributed by atoms with Crippen molar-refractivity contribution < 1.29 is 14.3 Å². The molecule has 5 nitrogen and oxygen atoms in total. The number of para-hydroxylation sites is 1. The van der Waals surface area contributed by atoms with E-state index in [1.165, 1.54) is 5.01 Å². The zero-order chi connectivity index (χ0) is 24.6. The molecule has 3 aromatic rings. The Labute approximate surface area is 207 Å². The molecule has 1 aliphatic rings. The fraction of sp³-hybridized carbons (Fsp3) is 0.200. The minimum atomic E-state index is -0.176. The molecule has 1 heterocycles. The van der Waals surface area contributed by atoms with E-state index in [2.05, 4.69) is 13.5 Å². The SMILES string of the molecule is C=CCc1cc(/C=C2\C(=O)N(c3ccccc3)N=C2c2ccccc2)cc(OCC)c1OCCC. The number of rotatable bonds is 10. The summed E-state index contributed by atoms with van der Waals surface area (Å²) in [6.07, 6.45) is 5.25. The molecule has 0 spiro atoms. The summed E-state index contributed by atoms with van der Waals surface area (Å²) in [5.41, 5.74) is 4.57. The van der Waals surface area contributed by atoms with E-state index in [0.717, 1.165) is 34.5 Å². The lowest BCUT2D eigenvalue weighted by molar-refractivity contribution is -0.114. The van der Waals surface area contributed by atoms with E-state index in [1.54, 1.807) is 0 Å². The van der Waals surface area contributed by atoms with Crippen molar-refractivity contribution in [3.05, 3.63) is 108 Å². The summed E-state index contributed by atoms with van der Waals surface area (Å²) in [6, 6.07) is 23.2. The smallest absolute Gasteiger partial charge is 0.281 e. The highest BCUT2D eigenvalue weighted by Crippen LogP contribution is 2.36. The molecule has 0 N–H and O–H groups in total. The molecule has 0 radical (unpaired) electrons. The van der Waals surface area contributed by atoms with Gasteiger partial charge in [-0.1, -0.05) is 61.5 Å². The Morgan fingerprint density at radius 1 is 0.971 bits per heavy atom. The Kier molecular flexibility index (Phi) is 7.78. The van der Waals surface area contributed by atoms with Gasteiger partial charge in [0.05, 0.1) is 24.5 Å². The number of hydrazone groups is 1. The number of allylic oxidation sites excluding steroid dienone is 1. The molecular formula is C30H30N2O3. The molecule has 4 rings (SSSR count). The van der Waals surface area contributed by atoms with Crippen molar-refractivity contribution in [1.29, 1.82) is 0 Å². The Balaban J connectivity index is 1.83. The number of amides is 1. The van der Waals surface area contributed by atoms with Crippen LogP contribution >= 0.6 is 0 Å². The number of nitrogens with zero attached hydrogens (tertiary/aromatic N) is 2. The van der Waals surface area contributed by atoms with Gasteiger partial charge in [-0.2, -0.15) is 10.1 Å². The largest absolute Gasteiger partial charge is 0.490 e. The van der Waals surface area contributed by atoms with Crippen LogP contribution in [0, 0.1) is 0 Å². The number of anilines is 1. The molecule has 0 unspecified atom stereocenters. The second-order valence-electron chi connectivity index (χ2n) is 8.11. The average molecular weight is 467 g/mol. The van der Waals surface area contributed by atoms with Crippen LogP contribution in [-0.4, -0.2) is 24.8 Å². The summed E-state index contributed by atoms with van der Waals surface area (Å²) in [7, 11) is 0. The predicted octanol–water partition coefficient (Wildman–Crippen LogP) is 6.44. The fourth-order valence-electron chi connectivity index (χ4n) is 3.97. The van der Waals surface area contributed by atoms with Gasteiger partial charge in [0.15, 0.2) is 11.5 Å². The summed E-state index contributed by atoms with van der Waals surface area (Å²) in [4.78, 5) is 13.6. The second kappa shape index (κ2) is 11.3. The van der Waals surface area contributed by atoms with Gasteiger partial charge in [-0.3, -0.25) is 4.79 Å². The number of benzene rings is 3. The molecule has 0 aliphatic carbocycles. The quantitative estimate of drug-likeness (QED) is 0.255. The molecular weight excluding hydrogens is 436 g/mol. The standard InChI is InChI=1S/C30H30N2O3/c1-4-13-24-19-22(21-27(34-6-3)29(24)35-18-5-2)20-26-28(23-14-9-7-10-15-23)31-32(30(26)33)25-16-11-8-12-17-25/h4,7-12,14-17,19-21H,1,5-6,13,18H2,2-3H3/b26-20-. The lowest BCUT2D eigenvalue weighted by Gasteiger charge is -2.16. The summed E-state index contributed by atoms with van der Waals surface area (Å²) in [5, 5.41) is 6.18. The lowest BCUT2D eigenvalue weighted by Crippen LogP contribution is -2.21. The minimum Gasteiger partial charge on any atom is -0.490 e. The van der Waals surface area contributed by atoms with Crippen molar-refractivity contribution >= 4 is 23.4 Å². The Bertz CT molecular complexity index is 1250. The molecule has 0 saturated heterocycles. The van der Waals surface area contributed by atoms with Gasteiger partial charge in [0.1, 0.15) is 5.71 Å². The molecule has 0 bridgehead atoms. The Morgan fingerprint density at radius 2 is 1.69 bits per heavy atom. The third kappa shape index (κ3) is 5.35. The van der Waals surface area contributed by atoms with Gasteiger partial charge in [0, 0.05) is 11.1 Å². The third-order valence-corrected chi connectivity index (χ3v) is 5.51. The van der Waals surface area contributed by atoms with Crippen LogP contribution in [0.5, 0.6) is 11.5 Å². The van der Waals surface area contributed by atoms with Crippen molar-refractivity contribution in [2.45, 2.75) is 26.7 Å². The van der Waals surface area contributed by atoms with E-state index in [4.69, 9.17) is 14.6 Å². The fourth-order valence-corrected chi connectivity index (χ4v) is 3.97. The first-order valence-electron chi connectivity index (χ1n) is 11.9. The summed E-state index contributed by atoms with van der Waals surface area (Å²) < 4.78 is 12.0. The van der Waals surface area contributed by atoms with Crippen molar-refractivity contribution in [1.82, 2.24) is 0 Å². The summed E-state index contributed by atoms with van der Waals surface area (Å²) in [6.45, 7) is 9.02. The van der Waals surface area contributed by atoms with Crippen LogP contribution in [0.4, 0.5) is 5.69 Å². The van der Waals surface area contributed by atoms with Gasteiger partial charge in [-0.25, -0.2) is 0 Å². The number of ether oxygens (including phenoxy) is 2. The van der Waals surface area contributed by atoms with Gasteiger partial charge >= 0.3 is 0 Å². The Morgan fingerprint density at radius 3 is 2.34 bits per heavy atom. The lowest BCUT2D eigenvalue weighted by atomic mass is 9.98. The second-order valence-corrected chi connectivity index (χ2v) is 8.11. The van der Waals surface area contributed by atoms with Crippen molar-refractivity contribution in [2.24, 2.45) is 5.10 Å². The van der Waals surface area contributed by atoms with Gasteiger partial charge in [-0.05, 0) is 55.7 Å². The number of carbonyl (C=O) groups is 1. The zero-order valence-corrected chi connectivity index (χ0v) is 20.2. The molecule has 1 amide bonds. The van der Waals surface area contributed by atoms with E-state index in [1.807, 2.05) is 91.9 Å². The first-order valence-corrected chi connectivity index (χ1v) is 11.9. The normalized spacial score (nSPS) is 14.2. The van der Waals surface area contributed by atoms with Gasteiger partial charge in [0.25, 0.3) is 5.91 Å². The van der Waals surface area contributed by atoms with Crippen LogP contribution in [0.25, 0.3) is 6.08 Å². The molecule has 3 aromatic carbocycles. The van der Waals surface area contributed by atoms with Gasteiger partial charge in [-0.15, -0.1) is 6.58 Å². The number of carbonyl (C=O) groups excluding carboxylic acids is 1. The Hall–Kier alpha value is -4.12. The summed E-state index contributed by atoms with van der Waals surface area (Å²) in [5.74, 6) is 1.22. The highest BCUT2D eigenvalue weighted by molar-refractivity contribution is 6.37. The maximum absolute atomic E-state index is 13.6. The van der Waals surface area contributed by atoms with Crippen LogP contribution in [-0.2, 0) is 11.2 Å². The molecule has 0 atom stereocenters. The molecule has 178 valence electrons. The maximum Gasteiger partial charge on any atom is 0.281 e. The van der Waals surface area contributed by atoms with E-state index in [-0.39, 0.29) is 5.91 Å². The van der Waals surface area contributed by atoms with Crippen LogP contribution in [0.2, 0.25) is 0 Å². The first kappa shape index (κ1) is 24.0. The molecule has 0 saturated carbocycles. The molecule has 35 heavy (non-hydrogen) atoms.